The Balaban J connectivity index is 1.82. The van der Waals surface area contributed by atoms with E-state index in [1.807, 2.05) is 30.1 Å². The van der Waals surface area contributed by atoms with Gasteiger partial charge in [-0.1, -0.05) is 25.4 Å². The molecular formula is C22H26ClN5O2. The molecule has 2 atom stereocenters. The van der Waals surface area contributed by atoms with Gasteiger partial charge in [0.2, 0.25) is 5.95 Å². The van der Waals surface area contributed by atoms with Crippen molar-refractivity contribution in [1.29, 1.82) is 0 Å². The van der Waals surface area contributed by atoms with E-state index >= 15 is 0 Å². The second-order valence-corrected chi connectivity index (χ2v) is 8.34. The molecule has 0 radical (unpaired) electrons. The lowest BCUT2D eigenvalue weighted by Crippen LogP contribution is -2.58. The molecule has 0 spiro atoms. The largest absolute Gasteiger partial charge is 0.378 e. The molecule has 0 aliphatic carbocycles. The first-order valence-corrected chi connectivity index (χ1v) is 10.6. The Hall–Kier alpha value is -2.48. The highest BCUT2D eigenvalue weighted by atomic mass is 35.5. The third-order valence-corrected chi connectivity index (χ3v) is 5.83. The number of nitrogens with one attached hydrogen (secondary N) is 1. The lowest BCUT2D eigenvalue weighted by Gasteiger charge is -2.46. The van der Waals surface area contributed by atoms with E-state index in [-0.39, 0.29) is 17.6 Å². The highest BCUT2D eigenvalue weighted by Gasteiger charge is 2.35. The third-order valence-electron chi connectivity index (χ3n) is 5.59. The summed E-state index contributed by atoms with van der Waals surface area (Å²) in [7, 11) is 0. The van der Waals surface area contributed by atoms with Crippen molar-refractivity contribution in [2.75, 3.05) is 24.8 Å². The zero-order valence-electron chi connectivity index (χ0n) is 17.4. The topological polar surface area (TPSA) is 74.3 Å². The molecule has 0 amide bonds. The van der Waals surface area contributed by atoms with Gasteiger partial charge in [0, 0.05) is 40.4 Å². The number of aromatic nitrogens is 3. The average molecular weight is 428 g/mol. The Morgan fingerprint density at radius 2 is 2.00 bits per heavy atom. The van der Waals surface area contributed by atoms with Crippen LogP contribution in [0.1, 0.15) is 32.4 Å². The minimum absolute atomic E-state index is 0.132. The smallest absolute Gasteiger partial charge is 0.253 e. The molecule has 1 aliphatic heterocycles. The first-order chi connectivity index (χ1) is 14.5. The number of fused-ring (bicyclic) bond motifs is 1. The maximum Gasteiger partial charge on any atom is 0.253 e. The molecule has 7 nitrogen and oxygen atoms in total. The van der Waals surface area contributed by atoms with Gasteiger partial charge in [0.1, 0.15) is 0 Å². The van der Waals surface area contributed by atoms with Crippen LogP contribution in [0, 0.1) is 5.92 Å². The number of H-pyrrole nitrogens is 1. The molecule has 0 bridgehead atoms. The van der Waals surface area contributed by atoms with Crippen molar-refractivity contribution < 1.29 is 4.74 Å². The minimum Gasteiger partial charge on any atom is -0.378 e. The van der Waals surface area contributed by atoms with E-state index < -0.39 is 0 Å². The van der Waals surface area contributed by atoms with Crippen molar-refractivity contribution in [1.82, 2.24) is 20.0 Å². The highest BCUT2D eigenvalue weighted by molar-refractivity contribution is 6.31. The number of morpholine rings is 1. The van der Waals surface area contributed by atoms with E-state index in [0.29, 0.717) is 42.2 Å². The van der Waals surface area contributed by atoms with E-state index in [0.717, 1.165) is 10.9 Å². The first kappa shape index (κ1) is 20.8. The second kappa shape index (κ2) is 8.71. The number of benzene rings is 1. The van der Waals surface area contributed by atoms with Gasteiger partial charge >= 0.3 is 0 Å². The van der Waals surface area contributed by atoms with Gasteiger partial charge in [-0.3, -0.25) is 9.80 Å². The van der Waals surface area contributed by atoms with Crippen LogP contribution in [0.25, 0.3) is 10.9 Å². The van der Waals surface area contributed by atoms with Crippen LogP contribution in [0.4, 0.5) is 5.95 Å². The van der Waals surface area contributed by atoms with Crippen LogP contribution in [-0.2, 0) is 4.74 Å². The minimum atomic E-state index is -0.293. The number of ether oxygens (including phenoxy) is 1. The molecule has 1 N–H and O–H groups in total. The summed E-state index contributed by atoms with van der Waals surface area (Å²) >= 11 is 6.18. The van der Waals surface area contributed by atoms with E-state index in [9.17, 15) is 4.79 Å². The molecule has 2 aromatic heterocycles. The Morgan fingerprint density at radius 3 is 2.73 bits per heavy atom. The fraction of sp³-hybridized carbons (Fsp3) is 0.409. The number of aromatic amines is 1. The van der Waals surface area contributed by atoms with Gasteiger partial charge < -0.3 is 9.72 Å². The van der Waals surface area contributed by atoms with Crippen molar-refractivity contribution in [3.63, 3.8) is 0 Å². The molecule has 8 heteroatoms. The van der Waals surface area contributed by atoms with Crippen LogP contribution in [0.5, 0.6) is 0 Å². The van der Waals surface area contributed by atoms with Crippen LogP contribution < -0.4 is 10.6 Å². The summed E-state index contributed by atoms with van der Waals surface area (Å²) in [6.07, 6.45) is 3.44. The molecule has 1 aromatic carbocycles. The SMILES string of the molecule is CC(C)[C@H]1COCCN1N(c1ncccn1)[C@@H](C)c1cc2cc(Cl)ccc2[nH]c1=O. The van der Waals surface area contributed by atoms with Gasteiger partial charge in [-0.15, -0.1) is 0 Å². The summed E-state index contributed by atoms with van der Waals surface area (Å²) in [4.78, 5) is 25.0. The molecule has 158 valence electrons. The zero-order valence-corrected chi connectivity index (χ0v) is 18.1. The lowest BCUT2D eigenvalue weighted by atomic mass is 10.0. The number of halogens is 1. The molecular weight excluding hydrogens is 402 g/mol. The van der Waals surface area contributed by atoms with Crippen LogP contribution in [0.2, 0.25) is 5.02 Å². The van der Waals surface area contributed by atoms with Gasteiger partial charge in [0.15, 0.2) is 0 Å². The summed E-state index contributed by atoms with van der Waals surface area (Å²) in [6.45, 7) is 8.28. The number of anilines is 1. The van der Waals surface area contributed by atoms with Crippen LogP contribution in [0.3, 0.4) is 0 Å². The van der Waals surface area contributed by atoms with Gasteiger partial charge in [0.05, 0.1) is 25.3 Å². The fourth-order valence-corrected chi connectivity index (χ4v) is 4.16. The normalized spacial score (nSPS) is 18.6. The maximum atomic E-state index is 13.0. The molecule has 1 fully saturated rings. The summed E-state index contributed by atoms with van der Waals surface area (Å²) in [5.41, 5.74) is 1.26. The number of pyridine rings is 1. The quantitative estimate of drug-likeness (QED) is 0.667. The summed E-state index contributed by atoms with van der Waals surface area (Å²) < 4.78 is 5.75. The van der Waals surface area contributed by atoms with Crippen molar-refractivity contribution in [2.24, 2.45) is 5.92 Å². The van der Waals surface area contributed by atoms with E-state index in [2.05, 4.69) is 33.8 Å². The van der Waals surface area contributed by atoms with Crippen molar-refractivity contribution >= 4 is 28.5 Å². The predicted molar refractivity (Wildman–Crippen MR) is 119 cm³/mol. The number of hydrazine groups is 1. The maximum absolute atomic E-state index is 13.0. The average Bonchev–Trinajstić information content (AvgIpc) is 2.74. The third kappa shape index (κ3) is 4.05. The van der Waals surface area contributed by atoms with Crippen LogP contribution >= 0.6 is 11.6 Å². The van der Waals surface area contributed by atoms with E-state index in [1.54, 1.807) is 24.5 Å². The van der Waals surface area contributed by atoms with Crippen LogP contribution in [0.15, 0.2) is 47.5 Å². The Kier molecular flexibility index (Phi) is 6.04. The summed E-state index contributed by atoms with van der Waals surface area (Å²) in [5, 5.41) is 5.80. The molecule has 0 unspecified atom stereocenters. The van der Waals surface area contributed by atoms with Crippen molar-refractivity contribution in [3.8, 4) is 0 Å². The van der Waals surface area contributed by atoms with Crippen molar-refractivity contribution in [2.45, 2.75) is 32.9 Å². The Morgan fingerprint density at radius 1 is 1.23 bits per heavy atom. The van der Waals surface area contributed by atoms with Gasteiger partial charge in [-0.05, 0) is 43.2 Å². The molecule has 30 heavy (non-hydrogen) atoms. The molecule has 3 aromatic rings. The monoisotopic (exact) mass is 427 g/mol. The first-order valence-electron chi connectivity index (χ1n) is 10.2. The fourth-order valence-electron chi connectivity index (χ4n) is 3.97. The zero-order chi connectivity index (χ0) is 21.3. The molecule has 0 saturated carbocycles. The molecule has 4 rings (SSSR count). The Bertz CT molecular complexity index is 1070. The van der Waals surface area contributed by atoms with Gasteiger partial charge in [0.25, 0.3) is 5.56 Å². The van der Waals surface area contributed by atoms with Gasteiger partial charge in [-0.2, -0.15) is 0 Å². The molecule has 3 heterocycles. The van der Waals surface area contributed by atoms with E-state index in [4.69, 9.17) is 16.3 Å². The lowest BCUT2D eigenvalue weighted by molar-refractivity contribution is -0.0356. The summed E-state index contributed by atoms with van der Waals surface area (Å²) in [5.74, 6) is 0.917. The summed E-state index contributed by atoms with van der Waals surface area (Å²) in [6, 6.07) is 9.01. The highest BCUT2D eigenvalue weighted by Crippen LogP contribution is 2.30. The number of nitrogens with zero attached hydrogens (tertiary/aromatic N) is 4. The van der Waals surface area contributed by atoms with Crippen LogP contribution in [-0.4, -0.2) is 45.8 Å². The van der Waals surface area contributed by atoms with Crippen molar-refractivity contribution in [3.05, 3.63) is 63.7 Å². The number of hydrogen-bond acceptors (Lipinski definition) is 6. The second-order valence-electron chi connectivity index (χ2n) is 7.90. The molecule has 1 aliphatic rings. The standard InChI is InChI=1S/C22H26ClN5O2/c1-14(2)20-13-30-10-9-27(20)28(22-24-7-4-8-25-22)15(3)18-12-16-11-17(23)5-6-19(16)26-21(18)29/h4-8,11-12,14-15,20H,9-10,13H2,1-3H3,(H,26,29)/t15-,20+/m0/s1. The van der Waals surface area contributed by atoms with E-state index in [1.165, 1.54) is 0 Å². The predicted octanol–water partition coefficient (Wildman–Crippen LogP) is 3.81. The number of hydrogen-bond donors (Lipinski definition) is 1. The number of rotatable bonds is 5. The Labute approximate surface area is 180 Å². The van der Waals surface area contributed by atoms with Gasteiger partial charge in [-0.25, -0.2) is 15.0 Å². The molecule has 1 saturated heterocycles.